The Morgan fingerprint density at radius 2 is 1.65 bits per heavy atom. The molecule has 0 saturated carbocycles. The molecule has 1 N–H and O–H groups in total. The Kier molecular flexibility index (Phi) is 10.9. The number of rotatable bonds is 6. The van der Waals surface area contributed by atoms with Crippen LogP contribution in [0.25, 0.3) is 0 Å². The number of hydrogen-bond donors (Lipinski definition) is 1. The summed E-state index contributed by atoms with van der Waals surface area (Å²) in [6, 6.07) is 21.3. The van der Waals surface area contributed by atoms with Crippen LogP contribution in [0, 0.1) is 18.8 Å². The van der Waals surface area contributed by atoms with Crippen LogP contribution in [0.1, 0.15) is 42.6 Å². The van der Waals surface area contributed by atoms with Gasteiger partial charge < -0.3 is 29.3 Å². The Morgan fingerprint density at radius 3 is 2.33 bits per heavy atom. The summed E-state index contributed by atoms with van der Waals surface area (Å²) < 4.78 is 13.7. The van der Waals surface area contributed by atoms with Crippen molar-refractivity contribution in [2.24, 2.45) is 11.8 Å². The highest BCUT2D eigenvalue weighted by molar-refractivity contribution is 9.11. The number of carbonyl (C=O) groups is 4. The van der Waals surface area contributed by atoms with Crippen LogP contribution < -0.4 is 4.90 Å². The van der Waals surface area contributed by atoms with E-state index in [4.69, 9.17) is 21.1 Å². The van der Waals surface area contributed by atoms with Crippen molar-refractivity contribution in [1.29, 1.82) is 0 Å². The third-order valence-corrected chi connectivity index (χ3v) is 12.3. The fourth-order valence-electron chi connectivity index (χ4n) is 8.54. The summed E-state index contributed by atoms with van der Waals surface area (Å²) >= 11 is 10.5. The third kappa shape index (κ3) is 6.59. The summed E-state index contributed by atoms with van der Waals surface area (Å²) in [6.45, 7) is 3.30. The zero-order valence-electron chi connectivity index (χ0n) is 30.3. The monoisotopic (exact) mass is 815 g/mol. The average Bonchev–Trinajstić information content (AvgIpc) is 3.77. The average molecular weight is 817 g/mol. The number of amides is 3. The van der Waals surface area contributed by atoms with Gasteiger partial charge in [0.15, 0.2) is 0 Å². The molecule has 3 aromatic carbocycles. The van der Waals surface area contributed by atoms with Crippen molar-refractivity contribution in [3.8, 4) is 0 Å². The molecule has 4 heterocycles. The van der Waals surface area contributed by atoms with Crippen molar-refractivity contribution in [2.75, 3.05) is 25.1 Å². The number of allylic oxidation sites excluding steroid dienone is 1. The Labute approximate surface area is 328 Å². The molecular formula is C42H43BrClN3O7. The Hall–Kier alpha value is -4.29. The molecule has 2 saturated heterocycles. The molecule has 8 atom stereocenters. The van der Waals surface area contributed by atoms with Crippen molar-refractivity contribution >= 4 is 56.9 Å². The van der Waals surface area contributed by atoms with E-state index in [0.29, 0.717) is 27.2 Å². The van der Waals surface area contributed by atoms with E-state index in [9.17, 15) is 14.7 Å². The zero-order valence-corrected chi connectivity index (χ0v) is 32.7. The first-order valence-electron chi connectivity index (χ1n) is 18.2. The summed E-state index contributed by atoms with van der Waals surface area (Å²) in [5.41, 5.74) is 1.15. The van der Waals surface area contributed by atoms with Crippen molar-refractivity contribution in [1.82, 2.24) is 9.80 Å². The van der Waals surface area contributed by atoms with E-state index < -0.39 is 72.2 Å². The lowest BCUT2D eigenvalue weighted by Crippen LogP contribution is -2.59. The zero-order chi connectivity index (χ0) is 38.3. The van der Waals surface area contributed by atoms with Gasteiger partial charge in [-0.25, -0.2) is 0 Å². The van der Waals surface area contributed by atoms with Gasteiger partial charge in [-0.15, -0.1) is 0 Å². The fraction of sp³-hybridized carbons (Fsp3) is 0.381. The van der Waals surface area contributed by atoms with Gasteiger partial charge in [0.05, 0.1) is 35.3 Å². The largest absolute Gasteiger partial charge is 0.455 e. The summed E-state index contributed by atoms with van der Waals surface area (Å²) in [6.07, 6.45) is 4.46. The lowest BCUT2D eigenvalue weighted by Gasteiger charge is -2.39. The van der Waals surface area contributed by atoms with Crippen molar-refractivity contribution in [2.45, 2.75) is 69.0 Å². The van der Waals surface area contributed by atoms with Gasteiger partial charge in [-0.2, -0.15) is 0 Å². The number of aliphatic hydroxyl groups excluding tert-OH is 1. The number of halogens is 2. The van der Waals surface area contributed by atoms with Crippen LogP contribution in [0.15, 0.2) is 102 Å². The van der Waals surface area contributed by atoms with Crippen LogP contribution in [-0.2, 0) is 35.1 Å². The molecule has 0 aromatic heterocycles. The van der Waals surface area contributed by atoms with Crippen molar-refractivity contribution < 1.29 is 33.8 Å². The summed E-state index contributed by atoms with van der Waals surface area (Å²) in [7, 11) is 1.69. The minimum Gasteiger partial charge on any atom is -0.455 e. The minimum atomic E-state index is -1.59. The molecule has 3 amide bonds. The van der Waals surface area contributed by atoms with Crippen molar-refractivity contribution in [3.63, 3.8) is 0 Å². The van der Waals surface area contributed by atoms with E-state index in [1.54, 1.807) is 30.2 Å². The van der Waals surface area contributed by atoms with Crippen molar-refractivity contribution in [3.05, 3.63) is 123 Å². The van der Waals surface area contributed by atoms with Gasteiger partial charge in [0, 0.05) is 24.5 Å². The number of para-hydroxylation sites is 1. The lowest BCUT2D eigenvalue weighted by atomic mass is 9.74. The molecule has 4 aliphatic heterocycles. The first-order valence-corrected chi connectivity index (χ1v) is 19.4. The van der Waals surface area contributed by atoms with Gasteiger partial charge >= 0.3 is 5.97 Å². The third-order valence-electron chi connectivity index (χ3n) is 11.3. The van der Waals surface area contributed by atoms with Gasteiger partial charge in [-0.05, 0) is 55.5 Å². The molecule has 10 nitrogen and oxygen atoms in total. The van der Waals surface area contributed by atoms with E-state index in [-0.39, 0.29) is 25.3 Å². The minimum absolute atomic E-state index is 0.0709. The summed E-state index contributed by atoms with van der Waals surface area (Å²) in [5.74, 6) is -4.10. The maximum absolute atomic E-state index is 15.5. The van der Waals surface area contributed by atoms with Crippen LogP contribution in [0.2, 0.25) is 5.02 Å². The van der Waals surface area contributed by atoms with Gasteiger partial charge in [0.25, 0.3) is 5.91 Å². The van der Waals surface area contributed by atoms with Crippen LogP contribution in [-0.4, -0.2) is 88.6 Å². The van der Waals surface area contributed by atoms with E-state index in [1.807, 2.05) is 92.7 Å². The van der Waals surface area contributed by atoms with Crippen LogP contribution in [0.3, 0.4) is 0 Å². The predicted octanol–water partition coefficient (Wildman–Crippen LogP) is 5.94. The molecule has 54 heavy (non-hydrogen) atoms. The standard InChI is InChI=1S/C42H43BrClN3O7/c1-25-14-13-19-31(44)35(25)46-21-12-6-11-20-32(49)45(3)26(2)36(28-17-9-5-10-18-28)53-41(52)33-34-39(50)47(29(24-48)22-27-15-7-4-8-16-27)38(40(46)51)42(34)23-30(43)37(33)54-42/h4-10,12-19,23,26,29,33-34,36-38,48H,11,20-22,24H2,1-3H3/b12-6-/t26-,29-,33+,34-,36+,37+,38+,42-/m1/s1. The molecule has 0 aliphatic carbocycles. The number of nitrogens with zero attached hydrogens (tertiary/aromatic N) is 3. The molecule has 2 fully saturated rings. The maximum Gasteiger partial charge on any atom is 0.313 e. The quantitative estimate of drug-likeness (QED) is 0.242. The number of ether oxygens (including phenoxy) is 2. The van der Waals surface area contributed by atoms with Gasteiger partial charge in [-0.3, -0.25) is 19.2 Å². The van der Waals surface area contributed by atoms with Gasteiger partial charge in [-0.1, -0.05) is 112 Å². The summed E-state index contributed by atoms with van der Waals surface area (Å²) in [5, 5.41) is 11.3. The number of cyclic esters (lactones) is 1. The number of likely N-dealkylation sites (tertiary alicyclic amines) is 1. The SMILES string of the molecule is Cc1cccc(Cl)c1N1C/C=C\CCC(=O)N(C)[C@H](C)[C@@H](c2ccccc2)OC(=O)[C@@H]2[C@H]3O[C@@]4(C=C3Br)[C@H](C1=O)N([C@@H](CO)Cc1ccccc1)C(=O)[C@@H]24. The summed E-state index contributed by atoms with van der Waals surface area (Å²) in [4.78, 5) is 63.4. The highest BCUT2D eigenvalue weighted by atomic mass is 79.9. The van der Waals surface area contributed by atoms with E-state index in [1.165, 1.54) is 9.80 Å². The highest BCUT2D eigenvalue weighted by Gasteiger charge is 2.75. The van der Waals surface area contributed by atoms with E-state index >= 15 is 9.59 Å². The van der Waals surface area contributed by atoms with Crippen LogP contribution in [0.5, 0.6) is 0 Å². The van der Waals surface area contributed by atoms with E-state index in [0.717, 1.165) is 11.1 Å². The fourth-order valence-corrected chi connectivity index (χ4v) is 9.60. The molecule has 7 rings (SSSR count). The maximum atomic E-state index is 15.5. The molecule has 4 aliphatic rings. The predicted molar refractivity (Wildman–Crippen MR) is 208 cm³/mol. The number of aryl methyl sites for hydroxylation is 1. The second-order valence-electron chi connectivity index (χ2n) is 14.5. The van der Waals surface area contributed by atoms with Gasteiger partial charge in [0.1, 0.15) is 29.8 Å². The molecule has 5 bridgehead atoms. The Balaban J connectivity index is 1.40. The molecule has 12 heteroatoms. The van der Waals surface area contributed by atoms with Crippen LogP contribution >= 0.6 is 27.5 Å². The number of carbonyl (C=O) groups excluding carboxylic acids is 4. The van der Waals surface area contributed by atoms with Crippen LogP contribution in [0.4, 0.5) is 5.69 Å². The number of hydrogen-bond acceptors (Lipinski definition) is 7. The number of likely N-dealkylation sites (N-methyl/N-ethyl adjacent to an activating group) is 1. The Bertz CT molecular complexity index is 1970. The number of aliphatic hydroxyl groups is 1. The van der Waals surface area contributed by atoms with E-state index in [2.05, 4.69) is 15.9 Å². The molecule has 1 spiro atoms. The topological polar surface area (TPSA) is 117 Å². The molecular weight excluding hydrogens is 774 g/mol. The lowest BCUT2D eigenvalue weighted by molar-refractivity contribution is -0.164. The number of anilines is 1. The number of fused-ring (bicyclic) bond motifs is 2. The number of esters is 1. The second kappa shape index (κ2) is 15.5. The Morgan fingerprint density at radius 1 is 0.944 bits per heavy atom. The smallest absolute Gasteiger partial charge is 0.313 e. The first-order chi connectivity index (χ1) is 26.0. The first kappa shape index (κ1) is 38.0. The highest BCUT2D eigenvalue weighted by Crippen LogP contribution is 2.59. The molecule has 0 radical (unpaired) electrons. The molecule has 0 unspecified atom stereocenters. The second-order valence-corrected chi connectivity index (χ2v) is 15.8. The molecule has 3 aromatic rings. The van der Waals surface area contributed by atoms with Gasteiger partial charge in [0.2, 0.25) is 11.8 Å². The number of benzene rings is 3. The molecule has 282 valence electrons. The normalized spacial score (nSPS) is 30.0.